The molecule has 1 aliphatic carbocycles. The molecule has 0 saturated carbocycles. The van der Waals surface area contributed by atoms with Crippen molar-refractivity contribution in [1.82, 2.24) is 4.57 Å². The Hall–Kier alpha value is -4.43. The van der Waals surface area contributed by atoms with E-state index in [1.807, 2.05) is 53.1 Å². The number of methoxy groups -OCH3 is 1. The second-order valence-corrected chi connectivity index (χ2v) is 10.6. The summed E-state index contributed by atoms with van der Waals surface area (Å²) in [4.78, 5) is 31.4. The summed E-state index contributed by atoms with van der Waals surface area (Å²) < 4.78 is 18.3. The van der Waals surface area contributed by atoms with E-state index in [1.54, 1.807) is 26.2 Å². The Morgan fingerprint density at radius 1 is 1.05 bits per heavy atom. The van der Waals surface area contributed by atoms with Crippen molar-refractivity contribution in [2.45, 2.75) is 25.8 Å². The molecule has 1 unspecified atom stereocenters. The van der Waals surface area contributed by atoms with E-state index < -0.39 is 5.97 Å². The highest BCUT2D eigenvalue weighted by Crippen LogP contribution is 2.41. The van der Waals surface area contributed by atoms with Gasteiger partial charge in [0.1, 0.15) is 11.5 Å². The molecular weight excluding hydrogens is 524 g/mol. The molecule has 0 fully saturated rings. The van der Waals surface area contributed by atoms with Gasteiger partial charge < -0.3 is 14.2 Å². The zero-order chi connectivity index (χ0) is 27.6. The minimum Gasteiger partial charge on any atom is -0.497 e. The number of esters is 1. The average molecular weight is 553 g/mol. The van der Waals surface area contributed by atoms with Gasteiger partial charge >= 0.3 is 5.97 Å². The van der Waals surface area contributed by atoms with Crippen molar-refractivity contribution >= 4 is 29.1 Å². The fraction of sp³-hybridized carbons (Fsp3) is 0.219. The molecule has 4 aromatic rings. The molecule has 1 aliphatic heterocycles. The van der Waals surface area contributed by atoms with Gasteiger partial charge in [0.25, 0.3) is 5.56 Å². The molecule has 8 heteroatoms. The van der Waals surface area contributed by atoms with Crippen molar-refractivity contribution < 1.29 is 19.0 Å². The molecule has 2 aliphatic rings. The number of thiazole rings is 1. The Balaban J connectivity index is 1.46. The molecule has 1 aromatic heterocycles. The van der Waals surface area contributed by atoms with Crippen molar-refractivity contribution in [3.05, 3.63) is 120 Å². The predicted molar refractivity (Wildman–Crippen MR) is 154 cm³/mol. The predicted octanol–water partition coefficient (Wildman–Crippen LogP) is 4.27. The number of hydrogen-bond donors (Lipinski definition) is 0. The number of nitrogens with zero attached hydrogens (tertiary/aromatic N) is 2. The number of aryl methyl sites for hydroxylation is 1. The molecule has 0 spiro atoms. The van der Waals surface area contributed by atoms with Crippen LogP contribution >= 0.6 is 11.3 Å². The Bertz CT molecular complexity index is 1800. The van der Waals surface area contributed by atoms with Crippen LogP contribution in [-0.2, 0) is 16.0 Å². The monoisotopic (exact) mass is 552 g/mol. The Kier molecular flexibility index (Phi) is 7.09. The minimum absolute atomic E-state index is 0.0900. The summed E-state index contributed by atoms with van der Waals surface area (Å²) in [5, 5.41) is 0. The summed E-state index contributed by atoms with van der Waals surface area (Å²) in [6.07, 6.45) is 3.58. The van der Waals surface area contributed by atoms with Gasteiger partial charge in [-0.05, 0) is 72.4 Å². The first-order valence-electron chi connectivity index (χ1n) is 13.2. The molecule has 202 valence electrons. The van der Waals surface area contributed by atoms with Gasteiger partial charge in [-0.15, -0.1) is 0 Å². The zero-order valence-corrected chi connectivity index (χ0v) is 23.1. The van der Waals surface area contributed by atoms with Crippen molar-refractivity contribution in [2.24, 2.45) is 4.99 Å². The van der Waals surface area contributed by atoms with Gasteiger partial charge in [-0.1, -0.05) is 59.9 Å². The summed E-state index contributed by atoms with van der Waals surface area (Å²) in [7, 11) is 1.65. The third kappa shape index (κ3) is 4.86. The molecule has 3 aromatic carbocycles. The van der Waals surface area contributed by atoms with Crippen LogP contribution in [0, 0.1) is 0 Å². The van der Waals surface area contributed by atoms with Gasteiger partial charge in [0, 0.05) is 5.56 Å². The highest BCUT2D eigenvalue weighted by Gasteiger charge is 2.32. The molecule has 40 heavy (non-hydrogen) atoms. The molecule has 2 heterocycles. The normalized spacial score (nSPS) is 15.9. The second-order valence-electron chi connectivity index (χ2n) is 9.55. The minimum atomic E-state index is -0.426. The van der Waals surface area contributed by atoms with E-state index in [-0.39, 0.29) is 18.2 Å². The third-order valence-corrected chi connectivity index (χ3v) is 8.11. The first-order valence-corrected chi connectivity index (χ1v) is 14.0. The lowest BCUT2D eigenvalue weighted by atomic mass is 9.83. The summed E-state index contributed by atoms with van der Waals surface area (Å²) in [6, 6.07) is 23.4. The number of hydrogen-bond acceptors (Lipinski definition) is 7. The van der Waals surface area contributed by atoms with E-state index in [0.29, 0.717) is 21.7 Å². The van der Waals surface area contributed by atoms with Crippen molar-refractivity contribution in [2.75, 3.05) is 20.3 Å². The molecule has 0 saturated heterocycles. The van der Waals surface area contributed by atoms with Crippen LogP contribution in [-0.4, -0.2) is 30.9 Å². The van der Waals surface area contributed by atoms with E-state index in [4.69, 9.17) is 19.2 Å². The number of rotatable bonds is 7. The van der Waals surface area contributed by atoms with Crippen LogP contribution in [0.4, 0.5) is 0 Å². The highest BCUT2D eigenvalue weighted by atomic mass is 32.1. The molecular formula is C32H28N2O5S. The Morgan fingerprint density at radius 3 is 2.67 bits per heavy atom. The lowest BCUT2D eigenvalue weighted by molar-refractivity contribution is -0.145. The SMILES string of the molecule is CCOC(=O)COc1cccc(C=c2sc3n(c2=O)C(c2ccc(OC)cc2)C2=C(N=3)c3ccccc3CC2)c1. The van der Waals surface area contributed by atoms with Gasteiger partial charge in [-0.25, -0.2) is 9.79 Å². The van der Waals surface area contributed by atoms with E-state index in [0.717, 1.165) is 46.6 Å². The second kappa shape index (κ2) is 11.0. The first-order chi connectivity index (χ1) is 19.6. The zero-order valence-electron chi connectivity index (χ0n) is 22.3. The molecule has 0 N–H and O–H groups in total. The molecule has 0 radical (unpaired) electrons. The van der Waals surface area contributed by atoms with Crippen LogP contribution in [0.2, 0.25) is 0 Å². The van der Waals surface area contributed by atoms with Crippen LogP contribution in [0.1, 0.15) is 41.6 Å². The van der Waals surface area contributed by atoms with Crippen LogP contribution in [0.3, 0.4) is 0 Å². The first kappa shape index (κ1) is 25.8. The van der Waals surface area contributed by atoms with Crippen LogP contribution in [0.5, 0.6) is 11.5 Å². The maximum absolute atomic E-state index is 14.0. The van der Waals surface area contributed by atoms with Crippen molar-refractivity contribution in [1.29, 1.82) is 0 Å². The number of carbonyl (C=O) groups excluding carboxylic acids is 1. The van der Waals surface area contributed by atoms with Crippen LogP contribution < -0.4 is 24.4 Å². The molecule has 0 amide bonds. The van der Waals surface area contributed by atoms with Gasteiger partial charge in [0.05, 0.1) is 30.0 Å². The smallest absolute Gasteiger partial charge is 0.344 e. The lowest BCUT2D eigenvalue weighted by Crippen LogP contribution is -2.38. The largest absolute Gasteiger partial charge is 0.497 e. The number of carbonyl (C=O) groups is 1. The van der Waals surface area contributed by atoms with Crippen molar-refractivity contribution in [3.8, 4) is 11.5 Å². The molecule has 1 atom stereocenters. The fourth-order valence-corrected chi connectivity index (χ4v) is 6.30. The molecule has 0 bridgehead atoms. The fourth-order valence-electron chi connectivity index (χ4n) is 5.30. The Labute approximate surface area is 235 Å². The summed E-state index contributed by atoms with van der Waals surface area (Å²) in [5.74, 6) is 0.868. The van der Waals surface area contributed by atoms with Gasteiger partial charge in [0.15, 0.2) is 11.4 Å². The third-order valence-electron chi connectivity index (χ3n) is 7.12. The van der Waals surface area contributed by atoms with Crippen LogP contribution in [0.15, 0.2) is 88.2 Å². The van der Waals surface area contributed by atoms with E-state index in [9.17, 15) is 9.59 Å². The summed E-state index contributed by atoms with van der Waals surface area (Å²) in [6.45, 7) is 1.88. The number of ether oxygens (including phenoxy) is 3. The van der Waals surface area contributed by atoms with Crippen molar-refractivity contribution in [3.63, 3.8) is 0 Å². The number of benzene rings is 3. The van der Waals surface area contributed by atoms with E-state index in [1.165, 1.54) is 16.9 Å². The van der Waals surface area contributed by atoms with Gasteiger partial charge in [-0.3, -0.25) is 9.36 Å². The Morgan fingerprint density at radius 2 is 1.88 bits per heavy atom. The molecule has 6 rings (SSSR count). The highest BCUT2D eigenvalue weighted by molar-refractivity contribution is 7.07. The number of aromatic nitrogens is 1. The van der Waals surface area contributed by atoms with Crippen LogP contribution in [0.25, 0.3) is 11.8 Å². The maximum Gasteiger partial charge on any atom is 0.344 e. The summed E-state index contributed by atoms with van der Waals surface area (Å²) >= 11 is 1.38. The van der Waals surface area contributed by atoms with E-state index >= 15 is 0 Å². The lowest BCUT2D eigenvalue weighted by Gasteiger charge is -2.30. The maximum atomic E-state index is 14.0. The quantitative estimate of drug-likeness (QED) is 0.320. The number of fused-ring (bicyclic) bond motifs is 3. The van der Waals surface area contributed by atoms with Gasteiger partial charge in [-0.2, -0.15) is 0 Å². The topological polar surface area (TPSA) is 79.1 Å². The molecule has 7 nitrogen and oxygen atoms in total. The summed E-state index contributed by atoms with van der Waals surface area (Å²) in [5.41, 5.74) is 6.24. The number of allylic oxidation sites excluding steroid dienone is 1. The van der Waals surface area contributed by atoms with Gasteiger partial charge in [0.2, 0.25) is 0 Å². The standard InChI is InChI=1S/C32H28N2O5S/c1-3-38-28(35)19-39-24-9-6-7-20(17-24)18-27-31(36)34-30(22-11-14-23(37-2)15-12-22)26-16-13-21-8-4-5-10-25(21)29(26)33-32(34)40-27/h4-12,14-15,17-18,30H,3,13,16,19H2,1-2H3. The van der Waals surface area contributed by atoms with E-state index in [2.05, 4.69) is 18.2 Å². The average Bonchev–Trinajstić information content (AvgIpc) is 3.29.